The summed E-state index contributed by atoms with van der Waals surface area (Å²) >= 11 is 0. The van der Waals surface area contributed by atoms with Crippen molar-refractivity contribution in [1.29, 1.82) is 5.26 Å². The summed E-state index contributed by atoms with van der Waals surface area (Å²) < 4.78 is 13.2. The van der Waals surface area contributed by atoms with Crippen molar-refractivity contribution in [3.63, 3.8) is 0 Å². The highest BCUT2D eigenvalue weighted by molar-refractivity contribution is 5.57. The molecule has 0 aliphatic carbocycles. The van der Waals surface area contributed by atoms with E-state index in [2.05, 4.69) is 5.32 Å². The van der Waals surface area contributed by atoms with Crippen LogP contribution in [-0.4, -0.2) is 14.1 Å². The van der Waals surface area contributed by atoms with E-state index in [1.54, 1.807) is 12.1 Å². The molecule has 0 bridgehead atoms. The molecule has 3 nitrogen and oxygen atoms in total. The zero-order valence-corrected chi connectivity index (χ0v) is 11.5. The third kappa shape index (κ3) is 3.27. The molecule has 102 valence electrons. The maximum Gasteiger partial charge on any atom is 0.140 e. The molecule has 2 rings (SSSR count). The fourth-order valence-corrected chi connectivity index (χ4v) is 1.87. The monoisotopic (exact) mass is 269 g/mol. The first-order valence-corrected chi connectivity index (χ1v) is 6.30. The van der Waals surface area contributed by atoms with E-state index >= 15 is 0 Å². The van der Waals surface area contributed by atoms with Crippen LogP contribution in [0, 0.1) is 17.1 Å². The average Bonchev–Trinajstić information content (AvgIpc) is 2.46. The highest BCUT2D eigenvalue weighted by atomic mass is 19.1. The van der Waals surface area contributed by atoms with E-state index in [1.807, 2.05) is 49.3 Å². The summed E-state index contributed by atoms with van der Waals surface area (Å²) in [6.07, 6.45) is 0. The Morgan fingerprint density at radius 1 is 1.20 bits per heavy atom. The fraction of sp³-hybridized carbons (Fsp3) is 0.188. The van der Waals surface area contributed by atoms with Gasteiger partial charge in [0.1, 0.15) is 11.9 Å². The Balaban J connectivity index is 2.09. The predicted octanol–water partition coefficient (Wildman–Crippen LogP) is 3.38. The summed E-state index contributed by atoms with van der Waals surface area (Å²) in [6.45, 7) is 0.547. The maximum absolute atomic E-state index is 13.2. The van der Waals surface area contributed by atoms with E-state index in [1.165, 1.54) is 6.07 Å². The number of rotatable bonds is 4. The molecule has 0 unspecified atom stereocenters. The minimum absolute atomic E-state index is 0.0753. The van der Waals surface area contributed by atoms with Gasteiger partial charge in [-0.05, 0) is 35.9 Å². The highest BCUT2D eigenvalue weighted by Gasteiger charge is 2.03. The van der Waals surface area contributed by atoms with Crippen LogP contribution >= 0.6 is 0 Å². The Kier molecular flexibility index (Phi) is 4.21. The van der Waals surface area contributed by atoms with E-state index in [9.17, 15) is 4.39 Å². The van der Waals surface area contributed by atoms with Crippen molar-refractivity contribution in [3.8, 4) is 6.07 Å². The van der Waals surface area contributed by atoms with Gasteiger partial charge in [-0.15, -0.1) is 0 Å². The average molecular weight is 269 g/mol. The Morgan fingerprint density at radius 2 is 2.00 bits per heavy atom. The van der Waals surface area contributed by atoms with Crippen molar-refractivity contribution in [2.45, 2.75) is 6.54 Å². The third-order valence-electron chi connectivity index (χ3n) is 3.01. The summed E-state index contributed by atoms with van der Waals surface area (Å²) in [5.41, 5.74) is 3.04. The van der Waals surface area contributed by atoms with Gasteiger partial charge in [-0.2, -0.15) is 5.26 Å². The van der Waals surface area contributed by atoms with E-state index in [-0.39, 0.29) is 5.56 Å². The summed E-state index contributed by atoms with van der Waals surface area (Å²) in [7, 11) is 3.97. The molecule has 20 heavy (non-hydrogen) atoms. The molecular weight excluding hydrogens is 253 g/mol. The Labute approximate surface area is 118 Å². The Morgan fingerprint density at radius 3 is 2.70 bits per heavy atom. The van der Waals surface area contributed by atoms with Gasteiger partial charge in [0.2, 0.25) is 0 Å². The molecule has 0 fully saturated rings. The number of anilines is 2. The number of hydrogen-bond acceptors (Lipinski definition) is 3. The quantitative estimate of drug-likeness (QED) is 0.924. The molecule has 0 aliphatic rings. The number of nitriles is 1. The Hall–Kier alpha value is -2.54. The molecule has 2 aromatic carbocycles. The molecule has 0 aliphatic heterocycles. The molecule has 1 N–H and O–H groups in total. The standard InChI is InChI=1S/C16H16FN3/c1-20(2)15-5-3-4-14(9-15)19-11-12-6-7-16(17)13(8-12)10-18/h3-9,19H,11H2,1-2H3. The largest absolute Gasteiger partial charge is 0.381 e. The fourth-order valence-electron chi connectivity index (χ4n) is 1.87. The normalized spacial score (nSPS) is 9.90. The van der Waals surface area contributed by atoms with Crippen LogP contribution in [0.25, 0.3) is 0 Å². The molecule has 4 heteroatoms. The molecule has 0 amide bonds. The lowest BCUT2D eigenvalue weighted by Crippen LogP contribution is -2.09. The summed E-state index contributed by atoms with van der Waals surface area (Å²) in [5, 5.41) is 12.1. The molecule has 0 saturated heterocycles. The summed E-state index contributed by atoms with van der Waals surface area (Å²) in [6, 6.07) is 14.4. The van der Waals surface area contributed by atoms with Gasteiger partial charge in [-0.3, -0.25) is 0 Å². The summed E-state index contributed by atoms with van der Waals surface area (Å²) in [4.78, 5) is 2.02. The zero-order chi connectivity index (χ0) is 14.5. The van der Waals surface area contributed by atoms with Gasteiger partial charge in [0.25, 0.3) is 0 Å². The lowest BCUT2D eigenvalue weighted by Gasteiger charge is -2.14. The van der Waals surface area contributed by atoms with Crippen LogP contribution in [-0.2, 0) is 6.54 Å². The van der Waals surface area contributed by atoms with Gasteiger partial charge in [0.05, 0.1) is 5.56 Å². The lowest BCUT2D eigenvalue weighted by molar-refractivity contribution is 0.623. The smallest absolute Gasteiger partial charge is 0.140 e. The van der Waals surface area contributed by atoms with Gasteiger partial charge in [0.15, 0.2) is 0 Å². The third-order valence-corrected chi connectivity index (χ3v) is 3.01. The molecule has 0 spiro atoms. The van der Waals surface area contributed by atoms with Crippen LogP contribution in [0.4, 0.5) is 15.8 Å². The van der Waals surface area contributed by atoms with E-state index in [4.69, 9.17) is 5.26 Å². The van der Waals surface area contributed by atoms with Crippen molar-refractivity contribution in [1.82, 2.24) is 0 Å². The van der Waals surface area contributed by atoms with Crippen LogP contribution in [0.1, 0.15) is 11.1 Å². The number of halogens is 1. The van der Waals surface area contributed by atoms with Crippen molar-refractivity contribution in [3.05, 3.63) is 59.4 Å². The van der Waals surface area contributed by atoms with Crippen LogP contribution < -0.4 is 10.2 Å². The van der Waals surface area contributed by atoms with Crippen molar-refractivity contribution in [2.24, 2.45) is 0 Å². The van der Waals surface area contributed by atoms with Gasteiger partial charge < -0.3 is 10.2 Å². The number of nitrogens with zero attached hydrogens (tertiary/aromatic N) is 2. The van der Waals surface area contributed by atoms with Gasteiger partial charge in [-0.25, -0.2) is 4.39 Å². The molecule has 0 heterocycles. The first-order chi connectivity index (χ1) is 9.60. The van der Waals surface area contributed by atoms with E-state index in [0.717, 1.165) is 16.9 Å². The SMILES string of the molecule is CN(C)c1cccc(NCc2ccc(F)c(C#N)c2)c1. The van der Waals surface area contributed by atoms with Crippen molar-refractivity contribution >= 4 is 11.4 Å². The molecular formula is C16H16FN3. The van der Waals surface area contributed by atoms with Crippen LogP contribution in [0.2, 0.25) is 0 Å². The summed E-state index contributed by atoms with van der Waals surface area (Å²) in [5.74, 6) is -0.481. The first kappa shape index (κ1) is 13.9. The first-order valence-electron chi connectivity index (χ1n) is 6.30. The molecule has 0 radical (unpaired) electrons. The zero-order valence-electron chi connectivity index (χ0n) is 11.5. The van der Waals surface area contributed by atoms with Crippen LogP contribution in [0.5, 0.6) is 0 Å². The number of hydrogen-bond donors (Lipinski definition) is 1. The lowest BCUT2D eigenvalue weighted by atomic mass is 10.1. The second-order valence-electron chi connectivity index (χ2n) is 4.72. The number of nitrogens with one attached hydrogen (secondary N) is 1. The van der Waals surface area contributed by atoms with Crippen molar-refractivity contribution in [2.75, 3.05) is 24.3 Å². The topological polar surface area (TPSA) is 39.1 Å². The molecule has 2 aromatic rings. The van der Waals surface area contributed by atoms with E-state index < -0.39 is 5.82 Å². The van der Waals surface area contributed by atoms with E-state index in [0.29, 0.717) is 6.54 Å². The molecule has 0 saturated carbocycles. The Bertz CT molecular complexity index is 644. The number of benzene rings is 2. The van der Waals surface area contributed by atoms with Gasteiger partial charge in [0, 0.05) is 32.0 Å². The predicted molar refractivity (Wildman–Crippen MR) is 79.2 cm³/mol. The molecule has 0 aromatic heterocycles. The van der Waals surface area contributed by atoms with Crippen LogP contribution in [0.3, 0.4) is 0 Å². The van der Waals surface area contributed by atoms with Crippen LogP contribution in [0.15, 0.2) is 42.5 Å². The second kappa shape index (κ2) is 6.07. The second-order valence-corrected chi connectivity index (χ2v) is 4.72. The molecule has 0 atom stereocenters. The van der Waals surface area contributed by atoms with Crippen molar-refractivity contribution < 1.29 is 4.39 Å². The maximum atomic E-state index is 13.2. The van der Waals surface area contributed by atoms with Gasteiger partial charge in [-0.1, -0.05) is 12.1 Å². The minimum atomic E-state index is -0.481. The van der Waals surface area contributed by atoms with Gasteiger partial charge >= 0.3 is 0 Å². The minimum Gasteiger partial charge on any atom is -0.381 e. The highest BCUT2D eigenvalue weighted by Crippen LogP contribution is 2.18.